The monoisotopic (exact) mass is 607 g/mol. The zero-order valence-corrected chi connectivity index (χ0v) is 21.4. The van der Waals surface area contributed by atoms with E-state index in [1.54, 1.807) is 0 Å². The molecule has 19 heteroatoms. The first kappa shape index (κ1) is 29.4. The SMILES string of the molecule is CC1CC(=O)N(C[C@@H]2N=C(N)N3C[C@H](OC(=O)c4cc(C(F)(F)F)ccc4C(F)(F)F)C(O)(O)[C@@]34NC(N)=N[C@@H]24)C1=O. The molecule has 2 saturated heterocycles. The van der Waals surface area contributed by atoms with Crippen molar-refractivity contribution in [3.8, 4) is 0 Å². The number of rotatable bonds is 4. The highest BCUT2D eigenvalue weighted by Crippen LogP contribution is 2.46. The van der Waals surface area contributed by atoms with Gasteiger partial charge in [-0.2, -0.15) is 26.3 Å². The van der Waals surface area contributed by atoms with Crippen LogP contribution in [0.2, 0.25) is 0 Å². The van der Waals surface area contributed by atoms with Gasteiger partial charge in [0.25, 0.3) is 0 Å². The van der Waals surface area contributed by atoms with E-state index in [4.69, 9.17) is 16.2 Å². The summed E-state index contributed by atoms with van der Waals surface area (Å²) in [5.41, 5.74) is 4.78. The molecule has 228 valence electrons. The zero-order chi connectivity index (χ0) is 31.2. The average Bonchev–Trinajstić information content (AvgIpc) is 3.43. The summed E-state index contributed by atoms with van der Waals surface area (Å²) >= 11 is 0. The van der Waals surface area contributed by atoms with Crippen molar-refractivity contribution < 1.29 is 55.7 Å². The molecule has 4 aliphatic rings. The second-order valence-corrected chi connectivity index (χ2v) is 10.3. The molecule has 0 aliphatic carbocycles. The van der Waals surface area contributed by atoms with Crippen LogP contribution in [-0.4, -0.2) is 92.4 Å². The van der Waals surface area contributed by atoms with E-state index in [2.05, 4.69) is 15.3 Å². The summed E-state index contributed by atoms with van der Waals surface area (Å²) in [7, 11) is 0. The number of carbonyl (C=O) groups is 3. The van der Waals surface area contributed by atoms with Crippen LogP contribution in [0.25, 0.3) is 0 Å². The van der Waals surface area contributed by atoms with Crippen molar-refractivity contribution >= 4 is 29.7 Å². The van der Waals surface area contributed by atoms with Gasteiger partial charge in [-0.3, -0.25) is 14.5 Å². The van der Waals surface area contributed by atoms with Crippen LogP contribution in [0.1, 0.15) is 34.8 Å². The molecule has 0 bridgehead atoms. The van der Waals surface area contributed by atoms with Gasteiger partial charge in [0.1, 0.15) is 6.04 Å². The molecule has 0 saturated carbocycles. The van der Waals surface area contributed by atoms with E-state index in [9.17, 15) is 50.9 Å². The Labute approximate surface area is 231 Å². The van der Waals surface area contributed by atoms with Gasteiger partial charge < -0.3 is 36.6 Å². The lowest BCUT2D eigenvalue weighted by Gasteiger charge is -2.48. The molecule has 7 N–H and O–H groups in total. The maximum atomic E-state index is 13.6. The first-order chi connectivity index (χ1) is 19.3. The minimum Gasteiger partial charge on any atom is -0.451 e. The number of alkyl halides is 6. The number of aliphatic hydroxyl groups is 2. The Hall–Kier alpha value is -4.13. The number of likely N-dealkylation sites (tertiary alicyclic amines) is 1. The van der Waals surface area contributed by atoms with E-state index in [1.807, 2.05) is 0 Å². The zero-order valence-electron chi connectivity index (χ0n) is 21.4. The van der Waals surface area contributed by atoms with Crippen LogP contribution in [-0.2, 0) is 26.7 Å². The highest BCUT2D eigenvalue weighted by molar-refractivity contribution is 6.03. The summed E-state index contributed by atoms with van der Waals surface area (Å²) in [6.07, 6.45) is -12.6. The molecule has 4 heterocycles. The molecule has 4 aliphatic heterocycles. The molecule has 0 radical (unpaired) electrons. The van der Waals surface area contributed by atoms with Gasteiger partial charge >= 0.3 is 18.3 Å². The molecule has 5 rings (SSSR count). The minimum absolute atomic E-state index is 0.0568. The van der Waals surface area contributed by atoms with Gasteiger partial charge in [0.2, 0.25) is 17.6 Å². The number of halogens is 6. The third kappa shape index (κ3) is 4.29. The Morgan fingerprint density at radius 2 is 1.81 bits per heavy atom. The lowest BCUT2D eigenvalue weighted by atomic mass is 9.85. The number of benzene rings is 1. The van der Waals surface area contributed by atoms with Crippen molar-refractivity contribution in [2.24, 2.45) is 27.4 Å². The van der Waals surface area contributed by atoms with Gasteiger partial charge in [-0.1, -0.05) is 6.92 Å². The van der Waals surface area contributed by atoms with Crippen molar-refractivity contribution in [2.75, 3.05) is 13.1 Å². The largest absolute Gasteiger partial charge is 0.451 e. The summed E-state index contributed by atoms with van der Waals surface area (Å²) in [5, 5.41) is 25.3. The van der Waals surface area contributed by atoms with Crippen molar-refractivity contribution in [1.29, 1.82) is 0 Å². The van der Waals surface area contributed by atoms with Crippen LogP contribution in [0.4, 0.5) is 26.3 Å². The van der Waals surface area contributed by atoms with E-state index in [0.717, 1.165) is 9.80 Å². The highest BCUT2D eigenvalue weighted by Gasteiger charge is 2.74. The maximum Gasteiger partial charge on any atom is 0.417 e. The van der Waals surface area contributed by atoms with Gasteiger partial charge in [-0.15, -0.1) is 0 Å². The molecule has 5 atom stereocenters. The average molecular weight is 607 g/mol. The molecule has 1 aromatic rings. The van der Waals surface area contributed by atoms with Crippen LogP contribution in [0.3, 0.4) is 0 Å². The normalized spacial score (nSPS) is 30.5. The molecular weight excluding hydrogens is 584 g/mol. The van der Waals surface area contributed by atoms with Crippen molar-refractivity contribution in [1.82, 2.24) is 15.1 Å². The molecule has 13 nitrogen and oxygen atoms in total. The summed E-state index contributed by atoms with van der Waals surface area (Å²) in [6.45, 7) is 0.402. The second-order valence-electron chi connectivity index (χ2n) is 10.3. The summed E-state index contributed by atoms with van der Waals surface area (Å²) in [5.74, 6) is -7.69. The molecule has 2 amide bonds. The minimum atomic E-state index is -5.27. The first-order valence-corrected chi connectivity index (χ1v) is 12.3. The van der Waals surface area contributed by atoms with Crippen LogP contribution in [0, 0.1) is 5.92 Å². The topological polar surface area (TPSA) is 196 Å². The van der Waals surface area contributed by atoms with E-state index in [0.29, 0.717) is 0 Å². The quantitative estimate of drug-likeness (QED) is 0.127. The fourth-order valence-electron chi connectivity index (χ4n) is 5.73. The number of nitrogens with two attached hydrogens (primary N) is 2. The Kier molecular flexibility index (Phi) is 6.42. The predicted octanol–water partition coefficient (Wildman–Crippen LogP) is -0.679. The van der Waals surface area contributed by atoms with Crippen LogP contribution >= 0.6 is 0 Å². The fourth-order valence-corrected chi connectivity index (χ4v) is 5.73. The lowest BCUT2D eigenvalue weighted by Crippen LogP contribution is -2.77. The number of amides is 2. The maximum absolute atomic E-state index is 13.6. The third-order valence-corrected chi connectivity index (χ3v) is 7.71. The highest BCUT2D eigenvalue weighted by atomic mass is 19.4. The van der Waals surface area contributed by atoms with E-state index in [1.165, 1.54) is 6.92 Å². The Morgan fingerprint density at radius 3 is 2.38 bits per heavy atom. The number of hydrogen-bond acceptors (Lipinski definition) is 12. The smallest absolute Gasteiger partial charge is 0.417 e. The Balaban J connectivity index is 1.49. The molecule has 1 unspecified atom stereocenters. The van der Waals surface area contributed by atoms with Crippen LogP contribution in [0.15, 0.2) is 28.2 Å². The summed E-state index contributed by atoms with van der Waals surface area (Å²) in [6, 6.07) is -2.48. The number of carbonyl (C=O) groups excluding carboxylic acids is 3. The van der Waals surface area contributed by atoms with Gasteiger partial charge in [0.15, 0.2) is 23.7 Å². The predicted molar refractivity (Wildman–Crippen MR) is 127 cm³/mol. The Morgan fingerprint density at radius 1 is 1.14 bits per heavy atom. The third-order valence-electron chi connectivity index (χ3n) is 7.71. The van der Waals surface area contributed by atoms with Gasteiger partial charge in [0, 0.05) is 12.3 Å². The number of nitrogens with zero attached hydrogens (tertiary/aromatic N) is 4. The van der Waals surface area contributed by atoms with Crippen molar-refractivity contribution in [3.63, 3.8) is 0 Å². The Bertz CT molecular complexity index is 1430. The number of esters is 1. The lowest BCUT2D eigenvalue weighted by molar-refractivity contribution is -0.256. The van der Waals surface area contributed by atoms with E-state index in [-0.39, 0.29) is 30.6 Å². The molecular formula is C23H23F6N7O6. The van der Waals surface area contributed by atoms with Gasteiger partial charge in [0.05, 0.1) is 35.8 Å². The number of guanidine groups is 2. The van der Waals surface area contributed by atoms with Crippen molar-refractivity contribution in [2.45, 2.75) is 55.3 Å². The van der Waals surface area contributed by atoms with Crippen molar-refractivity contribution in [3.05, 3.63) is 34.9 Å². The van der Waals surface area contributed by atoms with Crippen LogP contribution in [0.5, 0.6) is 0 Å². The first-order valence-electron chi connectivity index (χ1n) is 12.3. The molecule has 1 spiro atoms. The number of nitrogens with one attached hydrogen (secondary N) is 1. The number of hydrogen-bond donors (Lipinski definition) is 5. The number of imide groups is 1. The molecule has 0 aromatic heterocycles. The number of aliphatic imine (C=N–C) groups is 2. The van der Waals surface area contributed by atoms with E-state index >= 15 is 0 Å². The molecule has 42 heavy (non-hydrogen) atoms. The molecule has 2 fully saturated rings. The number of ether oxygens (including phenoxy) is 1. The van der Waals surface area contributed by atoms with Crippen LogP contribution < -0.4 is 16.8 Å². The standard InChI is InChI=1S/C23H23F6N7O6/c1-8-4-14(37)35(16(8)38)6-12-15-20(34-18(30)33-15)21(40,41)13(7-36(20)19(31)32-12)42-17(39)10-5-9(22(24,25)26)2-3-11(10)23(27,28)29/h2-3,5,8,12-13,15,40-41H,4,6-7H2,1H3,(H2,31,32)(H3,30,33,34)/t8?,12-,13-,15-,20-/m0/s1. The van der Waals surface area contributed by atoms with Gasteiger partial charge in [-0.25, -0.2) is 14.8 Å². The second kappa shape index (κ2) is 9.18. The summed E-state index contributed by atoms with van der Waals surface area (Å²) < 4.78 is 85.5. The fraction of sp³-hybridized carbons (Fsp3) is 0.522. The van der Waals surface area contributed by atoms with Gasteiger partial charge in [-0.05, 0) is 18.2 Å². The van der Waals surface area contributed by atoms with E-state index < -0.39 is 101 Å². The molecule has 1 aromatic carbocycles. The summed E-state index contributed by atoms with van der Waals surface area (Å²) in [4.78, 5) is 48.0.